The third-order valence-electron chi connectivity index (χ3n) is 4.58. The van der Waals surface area contributed by atoms with Crippen LogP contribution < -0.4 is 9.64 Å². The summed E-state index contributed by atoms with van der Waals surface area (Å²) in [7, 11) is 4.02. The number of hydrogen-bond donors (Lipinski definition) is 0. The van der Waals surface area contributed by atoms with Gasteiger partial charge in [-0.2, -0.15) is 0 Å². The van der Waals surface area contributed by atoms with Crippen molar-refractivity contribution in [1.29, 1.82) is 0 Å². The maximum absolute atomic E-state index is 13.1. The molecular weight excluding hydrogens is 485 g/mol. The number of ether oxygens (including phenoxy) is 1. The van der Waals surface area contributed by atoms with E-state index in [0.717, 1.165) is 49.7 Å². The van der Waals surface area contributed by atoms with Crippen LogP contribution in [0.5, 0.6) is 5.75 Å². The monoisotopic (exact) mass is 513 g/mol. The van der Waals surface area contributed by atoms with Gasteiger partial charge in [0.2, 0.25) is 5.91 Å². The first-order valence-corrected chi connectivity index (χ1v) is 12.5. The number of halogens is 2. The van der Waals surface area contributed by atoms with Gasteiger partial charge in [-0.1, -0.05) is 22.9 Å². The minimum Gasteiger partial charge on any atom is -0.494 e. The molecule has 0 aliphatic heterocycles. The molecule has 3 aromatic rings. The Morgan fingerprint density at radius 2 is 1.91 bits per heavy atom. The number of aromatic nitrogens is 1. The van der Waals surface area contributed by atoms with Crippen molar-refractivity contribution in [2.75, 3.05) is 44.4 Å². The quantitative estimate of drug-likeness (QED) is 0.224. The van der Waals surface area contributed by atoms with E-state index >= 15 is 0 Å². The van der Waals surface area contributed by atoms with Gasteiger partial charge in [0.1, 0.15) is 5.75 Å². The molecule has 0 aliphatic carbocycles. The number of anilines is 1. The molecular formula is C23H29Cl2N3O2S2. The van der Waals surface area contributed by atoms with Gasteiger partial charge in [0, 0.05) is 29.4 Å². The van der Waals surface area contributed by atoms with Gasteiger partial charge in [-0.3, -0.25) is 9.69 Å². The minimum absolute atomic E-state index is 0. The van der Waals surface area contributed by atoms with Crippen LogP contribution in [0, 0.1) is 0 Å². The highest BCUT2D eigenvalue weighted by Crippen LogP contribution is 2.32. The van der Waals surface area contributed by atoms with Crippen molar-refractivity contribution in [1.82, 2.24) is 9.88 Å². The van der Waals surface area contributed by atoms with E-state index in [1.165, 1.54) is 0 Å². The van der Waals surface area contributed by atoms with Crippen molar-refractivity contribution < 1.29 is 9.53 Å². The van der Waals surface area contributed by atoms with Crippen LogP contribution in [0.1, 0.15) is 19.8 Å². The molecule has 0 saturated carbocycles. The smallest absolute Gasteiger partial charge is 0.228 e. The Morgan fingerprint density at radius 3 is 2.59 bits per heavy atom. The van der Waals surface area contributed by atoms with Gasteiger partial charge in [-0.25, -0.2) is 4.98 Å². The first-order valence-electron chi connectivity index (χ1n) is 10.3. The molecule has 1 amide bonds. The lowest BCUT2D eigenvalue weighted by Crippen LogP contribution is -2.36. The number of nitrogens with zero attached hydrogens (tertiary/aromatic N) is 3. The van der Waals surface area contributed by atoms with Crippen molar-refractivity contribution in [3.63, 3.8) is 0 Å². The number of fused-ring (bicyclic) bond motifs is 1. The Kier molecular flexibility index (Phi) is 11.1. The van der Waals surface area contributed by atoms with Gasteiger partial charge < -0.3 is 9.64 Å². The van der Waals surface area contributed by atoms with E-state index < -0.39 is 0 Å². The number of likely N-dealkylation sites (N-methyl/N-ethyl adjacent to an activating group) is 1. The summed E-state index contributed by atoms with van der Waals surface area (Å²) in [4.78, 5) is 22.9. The lowest BCUT2D eigenvalue weighted by molar-refractivity contribution is -0.118. The number of carbonyl (C=O) groups is 1. The van der Waals surface area contributed by atoms with Crippen LogP contribution in [0.2, 0.25) is 5.02 Å². The molecule has 0 radical (unpaired) electrons. The van der Waals surface area contributed by atoms with Gasteiger partial charge in [0.15, 0.2) is 5.13 Å². The van der Waals surface area contributed by atoms with Crippen LogP contribution in [0.15, 0.2) is 47.4 Å². The number of amides is 1. The van der Waals surface area contributed by atoms with Gasteiger partial charge in [0.05, 0.1) is 16.8 Å². The summed E-state index contributed by atoms with van der Waals surface area (Å²) in [6.07, 6.45) is 1.30. The summed E-state index contributed by atoms with van der Waals surface area (Å²) in [5.74, 6) is 1.82. The van der Waals surface area contributed by atoms with Crippen LogP contribution in [-0.4, -0.2) is 55.3 Å². The first-order chi connectivity index (χ1) is 15.0. The standard InChI is InChI=1S/C23H28ClN3O2S2.ClH/c1-4-29-18-9-12-20-21(16-18)31-23(25-20)27(14-13-26(2)3)22(28)6-5-15-30-19-10-7-17(24)8-11-19;/h7-12,16H,4-6,13-15H2,1-3H3;1H. The fourth-order valence-corrected chi connectivity index (χ4v) is 4.99. The van der Waals surface area contributed by atoms with Gasteiger partial charge in [-0.05, 0) is 75.7 Å². The van der Waals surface area contributed by atoms with Gasteiger partial charge >= 0.3 is 0 Å². The molecule has 0 N–H and O–H groups in total. The summed E-state index contributed by atoms with van der Waals surface area (Å²) in [6, 6.07) is 13.7. The molecule has 0 fully saturated rings. The average Bonchev–Trinajstić information content (AvgIpc) is 3.15. The zero-order valence-corrected chi connectivity index (χ0v) is 21.8. The Balaban J connectivity index is 0.00000363. The van der Waals surface area contributed by atoms with Crippen LogP contribution in [0.3, 0.4) is 0 Å². The zero-order chi connectivity index (χ0) is 22.2. The molecule has 0 bridgehead atoms. The normalized spacial score (nSPS) is 10.9. The van der Waals surface area contributed by atoms with Crippen LogP contribution in [0.4, 0.5) is 5.13 Å². The Labute approximate surface area is 209 Å². The maximum Gasteiger partial charge on any atom is 0.228 e. The van der Waals surface area contributed by atoms with Crippen molar-refractivity contribution >= 4 is 68.4 Å². The summed E-state index contributed by atoms with van der Waals surface area (Å²) >= 11 is 9.22. The largest absolute Gasteiger partial charge is 0.494 e. The van der Waals surface area contributed by atoms with E-state index in [9.17, 15) is 4.79 Å². The predicted molar refractivity (Wildman–Crippen MR) is 140 cm³/mol. The number of thioether (sulfide) groups is 1. The van der Waals surface area contributed by atoms with E-state index in [1.807, 2.05) is 68.4 Å². The number of benzene rings is 2. The Hall–Kier alpha value is -1.51. The SMILES string of the molecule is CCOc1ccc2nc(N(CCN(C)C)C(=O)CCCSc3ccc(Cl)cc3)sc2c1.Cl. The summed E-state index contributed by atoms with van der Waals surface area (Å²) in [6.45, 7) is 3.99. The molecule has 0 unspecified atom stereocenters. The molecule has 3 rings (SSSR count). The summed E-state index contributed by atoms with van der Waals surface area (Å²) in [5, 5.41) is 1.49. The first kappa shape index (κ1) is 26.7. The summed E-state index contributed by atoms with van der Waals surface area (Å²) < 4.78 is 6.63. The zero-order valence-electron chi connectivity index (χ0n) is 18.5. The lowest BCUT2D eigenvalue weighted by Gasteiger charge is -2.22. The topological polar surface area (TPSA) is 45.7 Å². The van der Waals surface area contributed by atoms with Gasteiger partial charge in [-0.15, -0.1) is 24.2 Å². The molecule has 32 heavy (non-hydrogen) atoms. The molecule has 2 aromatic carbocycles. The fraction of sp³-hybridized carbons (Fsp3) is 0.391. The summed E-state index contributed by atoms with van der Waals surface area (Å²) in [5.41, 5.74) is 0.893. The number of carbonyl (C=O) groups excluding carboxylic acids is 1. The van der Waals surface area contributed by atoms with Crippen LogP contribution in [0.25, 0.3) is 10.2 Å². The molecule has 5 nitrogen and oxygen atoms in total. The highest BCUT2D eigenvalue weighted by molar-refractivity contribution is 7.99. The second-order valence-corrected chi connectivity index (χ2v) is 9.93. The molecule has 9 heteroatoms. The van der Waals surface area contributed by atoms with E-state index in [0.29, 0.717) is 19.6 Å². The van der Waals surface area contributed by atoms with E-state index in [4.69, 9.17) is 21.3 Å². The number of hydrogen-bond acceptors (Lipinski definition) is 6. The number of rotatable bonds is 11. The third-order valence-corrected chi connectivity index (χ3v) is 6.97. The molecule has 0 saturated heterocycles. The van der Waals surface area contributed by atoms with Crippen molar-refractivity contribution in [3.8, 4) is 5.75 Å². The minimum atomic E-state index is 0. The molecule has 0 spiro atoms. The maximum atomic E-state index is 13.1. The molecule has 1 aromatic heterocycles. The highest BCUT2D eigenvalue weighted by atomic mass is 35.5. The van der Waals surface area contributed by atoms with Gasteiger partial charge in [0.25, 0.3) is 0 Å². The molecule has 0 aliphatic rings. The Bertz CT molecular complexity index is 997. The third kappa shape index (κ3) is 7.81. The van der Waals surface area contributed by atoms with Crippen LogP contribution in [-0.2, 0) is 4.79 Å². The van der Waals surface area contributed by atoms with E-state index in [2.05, 4.69) is 4.90 Å². The lowest BCUT2D eigenvalue weighted by atomic mass is 10.3. The Morgan fingerprint density at radius 1 is 1.16 bits per heavy atom. The molecule has 0 atom stereocenters. The fourth-order valence-electron chi connectivity index (χ4n) is 2.97. The van der Waals surface area contributed by atoms with Crippen molar-refractivity contribution in [3.05, 3.63) is 47.5 Å². The predicted octanol–water partition coefficient (Wildman–Crippen LogP) is 6.24. The molecule has 174 valence electrons. The second-order valence-electron chi connectivity index (χ2n) is 7.31. The van der Waals surface area contributed by atoms with Crippen molar-refractivity contribution in [2.45, 2.75) is 24.7 Å². The van der Waals surface area contributed by atoms with Crippen LogP contribution >= 0.6 is 47.1 Å². The van der Waals surface area contributed by atoms with E-state index in [1.54, 1.807) is 23.1 Å². The van der Waals surface area contributed by atoms with E-state index in [-0.39, 0.29) is 18.3 Å². The highest BCUT2D eigenvalue weighted by Gasteiger charge is 2.20. The average molecular weight is 515 g/mol. The molecule has 1 heterocycles. The van der Waals surface area contributed by atoms with Crippen molar-refractivity contribution in [2.24, 2.45) is 0 Å². The second kappa shape index (κ2) is 13.3. The number of thiazole rings is 1.